The van der Waals surface area contributed by atoms with Crippen molar-refractivity contribution in [1.82, 2.24) is 19.5 Å². The van der Waals surface area contributed by atoms with Crippen molar-refractivity contribution in [2.24, 2.45) is 0 Å². The van der Waals surface area contributed by atoms with E-state index in [1.165, 1.54) is 5.41 Å². The number of aromatic nitrogens is 3. The van der Waals surface area contributed by atoms with Crippen LogP contribution in [0.3, 0.4) is 0 Å². The van der Waals surface area contributed by atoms with Crippen LogP contribution >= 0.6 is 0 Å². The fourth-order valence-electron chi connectivity index (χ4n) is 1.82. The van der Waals surface area contributed by atoms with E-state index < -0.39 is 10.0 Å². The molecule has 0 atom stereocenters. The SMILES string of the molecule is CCn1cnnc1CCNS(=O)(=O)/C=C/c1ccccc1. The lowest BCUT2D eigenvalue weighted by atomic mass is 10.2. The highest BCUT2D eigenvalue weighted by atomic mass is 32.2. The van der Waals surface area contributed by atoms with Crippen molar-refractivity contribution in [2.45, 2.75) is 19.9 Å². The number of hydrogen-bond acceptors (Lipinski definition) is 4. The zero-order chi connectivity index (χ0) is 15.1. The second-order valence-electron chi connectivity index (χ2n) is 4.44. The topological polar surface area (TPSA) is 76.9 Å². The molecule has 0 saturated heterocycles. The molecule has 0 aliphatic rings. The fraction of sp³-hybridized carbons (Fsp3) is 0.286. The van der Waals surface area contributed by atoms with Crippen LogP contribution in [0.2, 0.25) is 0 Å². The third-order valence-corrected chi connectivity index (χ3v) is 4.03. The summed E-state index contributed by atoms with van der Waals surface area (Å²) in [6.07, 6.45) is 3.71. The number of aryl methyl sites for hydroxylation is 1. The van der Waals surface area contributed by atoms with Crippen molar-refractivity contribution in [2.75, 3.05) is 6.54 Å². The van der Waals surface area contributed by atoms with Gasteiger partial charge in [-0.05, 0) is 18.6 Å². The first-order valence-electron chi connectivity index (χ1n) is 6.70. The highest BCUT2D eigenvalue weighted by Gasteiger charge is 2.07. The van der Waals surface area contributed by atoms with Gasteiger partial charge in [-0.1, -0.05) is 30.3 Å². The van der Waals surface area contributed by atoms with Crippen LogP contribution in [0.25, 0.3) is 6.08 Å². The van der Waals surface area contributed by atoms with Gasteiger partial charge in [-0.15, -0.1) is 10.2 Å². The number of benzene rings is 1. The monoisotopic (exact) mass is 306 g/mol. The molecule has 0 bridgehead atoms. The molecule has 1 heterocycles. The molecule has 1 aromatic heterocycles. The number of sulfonamides is 1. The lowest BCUT2D eigenvalue weighted by molar-refractivity contribution is 0.588. The van der Waals surface area contributed by atoms with Crippen LogP contribution in [0, 0.1) is 0 Å². The minimum absolute atomic E-state index is 0.292. The molecule has 7 heteroatoms. The molecular weight excluding hydrogens is 288 g/mol. The summed E-state index contributed by atoms with van der Waals surface area (Å²) < 4.78 is 28.1. The van der Waals surface area contributed by atoms with Gasteiger partial charge in [-0.25, -0.2) is 13.1 Å². The first-order valence-corrected chi connectivity index (χ1v) is 8.25. The molecule has 21 heavy (non-hydrogen) atoms. The van der Waals surface area contributed by atoms with E-state index in [9.17, 15) is 8.42 Å². The van der Waals surface area contributed by atoms with Crippen LogP contribution in [-0.4, -0.2) is 29.7 Å². The lowest BCUT2D eigenvalue weighted by Gasteiger charge is -2.04. The maximum atomic E-state index is 11.8. The smallest absolute Gasteiger partial charge is 0.233 e. The van der Waals surface area contributed by atoms with Crippen LogP contribution in [0.15, 0.2) is 42.1 Å². The third-order valence-electron chi connectivity index (χ3n) is 2.93. The molecule has 0 saturated carbocycles. The van der Waals surface area contributed by atoms with E-state index in [2.05, 4.69) is 14.9 Å². The molecule has 0 spiro atoms. The Hall–Kier alpha value is -1.99. The van der Waals surface area contributed by atoms with E-state index in [1.54, 1.807) is 12.4 Å². The Labute approximate surface area is 124 Å². The Balaban J connectivity index is 1.88. The van der Waals surface area contributed by atoms with Gasteiger partial charge in [0.2, 0.25) is 10.0 Å². The Morgan fingerprint density at radius 2 is 2.05 bits per heavy atom. The standard InChI is InChI=1S/C14H18N4O2S/c1-2-18-12-15-17-14(18)8-10-16-21(19,20)11-9-13-6-4-3-5-7-13/h3-7,9,11-12,16H,2,8,10H2,1H3/b11-9+. The second-order valence-corrected chi connectivity index (χ2v) is 6.09. The van der Waals surface area contributed by atoms with Crippen molar-refractivity contribution >= 4 is 16.1 Å². The number of nitrogens with one attached hydrogen (secondary N) is 1. The molecule has 0 aliphatic heterocycles. The first-order chi connectivity index (χ1) is 10.1. The Morgan fingerprint density at radius 3 is 2.76 bits per heavy atom. The molecular formula is C14H18N4O2S. The maximum Gasteiger partial charge on any atom is 0.233 e. The van der Waals surface area contributed by atoms with Crippen LogP contribution < -0.4 is 4.72 Å². The van der Waals surface area contributed by atoms with Crippen LogP contribution in [0.1, 0.15) is 18.3 Å². The number of rotatable bonds is 7. The molecule has 112 valence electrons. The predicted octanol–water partition coefficient (Wildman–Crippen LogP) is 1.43. The molecule has 0 amide bonds. The van der Waals surface area contributed by atoms with Gasteiger partial charge in [0.25, 0.3) is 0 Å². The van der Waals surface area contributed by atoms with Crippen molar-refractivity contribution in [1.29, 1.82) is 0 Å². The number of hydrogen-bond donors (Lipinski definition) is 1. The van der Waals surface area contributed by atoms with Crippen molar-refractivity contribution < 1.29 is 8.42 Å². The molecule has 2 rings (SSSR count). The summed E-state index contributed by atoms with van der Waals surface area (Å²) >= 11 is 0. The summed E-state index contributed by atoms with van der Waals surface area (Å²) in [4.78, 5) is 0. The van der Waals surface area contributed by atoms with E-state index in [1.807, 2.05) is 41.8 Å². The van der Waals surface area contributed by atoms with Crippen molar-refractivity contribution in [3.05, 3.63) is 53.5 Å². The summed E-state index contributed by atoms with van der Waals surface area (Å²) in [6.45, 7) is 3.04. The molecule has 2 aromatic rings. The van der Waals surface area contributed by atoms with Crippen LogP contribution in [-0.2, 0) is 23.0 Å². The largest absolute Gasteiger partial charge is 0.318 e. The Bertz CT molecular complexity index is 693. The summed E-state index contributed by atoms with van der Waals surface area (Å²) in [5.74, 6) is 0.771. The van der Waals surface area contributed by atoms with Crippen LogP contribution in [0.4, 0.5) is 0 Å². The molecule has 0 fully saturated rings. The van der Waals surface area contributed by atoms with Crippen molar-refractivity contribution in [3.63, 3.8) is 0 Å². The zero-order valence-electron chi connectivity index (χ0n) is 11.8. The third kappa shape index (κ3) is 4.80. The summed E-state index contributed by atoms with van der Waals surface area (Å²) in [7, 11) is -3.44. The minimum atomic E-state index is -3.44. The molecule has 1 aromatic carbocycles. The molecule has 0 aliphatic carbocycles. The normalized spacial score (nSPS) is 12.0. The van der Waals surface area contributed by atoms with Gasteiger partial charge in [0.1, 0.15) is 12.2 Å². The average molecular weight is 306 g/mol. The highest BCUT2D eigenvalue weighted by Crippen LogP contribution is 2.03. The first kappa shape index (κ1) is 15.4. The number of nitrogens with zero attached hydrogens (tertiary/aromatic N) is 3. The van der Waals surface area contributed by atoms with Gasteiger partial charge < -0.3 is 4.57 Å². The maximum absolute atomic E-state index is 11.8. The average Bonchev–Trinajstić information content (AvgIpc) is 2.94. The van der Waals surface area contributed by atoms with Gasteiger partial charge in [-0.2, -0.15) is 0 Å². The second kappa shape index (κ2) is 7.14. The molecule has 0 unspecified atom stereocenters. The Morgan fingerprint density at radius 1 is 1.29 bits per heavy atom. The van der Waals surface area contributed by atoms with E-state index >= 15 is 0 Å². The zero-order valence-corrected chi connectivity index (χ0v) is 12.6. The molecule has 1 N–H and O–H groups in total. The van der Waals surface area contributed by atoms with E-state index in [4.69, 9.17) is 0 Å². The van der Waals surface area contributed by atoms with Gasteiger partial charge >= 0.3 is 0 Å². The van der Waals surface area contributed by atoms with Gasteiger partial charge in [0.05, 0.1) is 0 Å². The van der Waals surface area contributed by atoms with E-state index in [-0.39, 0.29) is 0 Å². The van der Waals surface area contributed by atoms with E-state index in [0.717, 1.165) is 17.9 Å². The van der Waals surface area contributed by atoms with Gasteiger partial charge in [0, 0.05) is 24.9 Å². The minimum Gasteiger partial charge on any atom is -0.318 e. The quantitative estimate of drug-likeness (QED) is 0.839. The Kier molecular flexibility index (Phi) is 5.24. The fourth-order valence-corrected chi connectivity index (χ4v) is 2.64. The predicted molar refractivity (Wildman–Crippen MR) is 81.8 cm³/mol. The molecule has 6 nitrogen and oxygen atoms in total. The van der Waals surface area contributed by atoms with Crippen molar-refractivity contribution in [3.8, 4) is 0 Å². The lowest BCUT2D eigenvalue weighted by Crippen LogP contribution is -2.24. The highest BCUT2D eigenvalue weighted by molar-refractivity contribution is 7.92. The van der Waals surface area contributed by atoms with Gasteiger partial charge in [-0.3, -0.25) is 0 Å². The molecule has 0 radical (unpaired) electrons. The summed E-state index contributed by atoms with van der Waals surface area (Å²) in [5, 5.41) is 8.94. The van der Waals surface area contributed by atoms with Crippen LogP contribution in [0.5, 0.6) is 0 Å². The van der Waals surface area contributed by atoms with E-state index in [0.29, 0.717) is 13.0 Å². The summed E-state index contributed by atoms with van der Waals surface area (Å²) in [6, 6.07) is 9.29. The summed E-state index contributed by atoms with van der Waals surface area (Å²) in [5.41, 5.74) is 0.841. The van der Waals surface area contributed by atoms with Gasteiger partial charge in [0.15, 0.2) is 0 Å².